The molecule has 0 spiro atoms. The predicted octanol–water partition coefficient (Wildman–Crippen LogP) is 4.35. The van der Waals surface area contributed by atoms with Crippen LogP contribution in [0.3, 0.4) is 0 Å². The maximum atomic E-state index is 13.2. The topological polar surface area (TPSA) is 123 Å². The van der Waals surface area contributed by atoms with E-state index in [4.69, 9.17) is 5.73 Å². The number of nitrogen functional groups attached to an aromatic ring is 1. The van der Waals surface area contributed by atoms with E-state index in [1.165, 1.54) is 17.3 Å². The first-order valence-electron chi connectivity index (χ1n) is 12.7. The molecule has 3 aromatic rings. The van der Waals surface area contributed by atoms with Gasteiger partial charge < -0.3 is 11.1 Å². The number of amides is 1. The van der Waals surface area contributed by atoms with Crippen molar-refractivity contribution in [3.05, 3.63) is 60.2 Å². The molecule has 0 saturated carbocycles. The van der Waals surface area contributed by atoms with E-state index >= 15 is 0 Å². The van der Waals surface area contributed by atoms with Crippen LogP contribution in [0.25, 0.3) is 0 Å². The molecule has 0 aliphatic carbocycles. The Hall–Kier alpha value is -2.89. The molecule has 0 radical (unpaired) electrons. The fourth-order valence-electron chi connectivity index (χ4n) is 4.44. The Bertz CT molecular complexity index is 1270. The summed E-state index contributed by atoms with van der Waals surface area (Å²) < 4.78 is 29.3. The summed E-state index contributed by atoms with van der Waals surface area (Å²) in [5.74, 6) is 0.692. The number of carbonyl (C=O) groups is 1. The summed E-state index contributed by atoms with van der Waals surface area (Å²) in [6.07, 6.45) is 5.21. The third-order valence-corrected chi connectivity index (χ3v) is 9.34. The molecule has 1 atom stereocenters. The van der Waals surface area contributed by atoms with E-state index < -0.39 is 16.1 Å². The number of rotatable bonds is 10. The standard InChI is InChI=1S/C26H34N6O3S2/c1-2-23(32-25(27)29-30-26(32)36-19-16-20-10-6-5-7-11-20)24(33)28-21-12-14-22(15-13-21)37(34,35)31-17-8-3-4-9-18-31/h5-7,10-15,23H,2-4,8-9,16-19H2,1H3,(H2,27,29)(H,28,33). The number of aromatic nitrogens is 3. The highest BCUT2D eigenvalue weighted by Gasteiger charge is 2.27. The molecule has 0 bridgehead atoms. The number of aryl methyl sites for hydroxylation is 1. The van der Waals surface area contributed by atoms with Gasteiger partial charge in [-0.15, -0.1) is 10.2 Å². The lowest BCUT2D eigenvalue weighted by molar-refractivity contribution is -0.119. The third kappa shape index (κ3) is 6.71. The van der Waals surface area contributed by atoms with Crippen molar-refractivity contribution in [2.75, 3.05) is 29.9 Å². The van der Waals surface area contributed by atoms with Crippen molar-refractivity contribution >= 4 is 39.3 Å². The van der Waals surface area contributed by atoms with Gasteiger partial charge in [0.2, 0.25) is 21.9 Å². The number of nitrogens with zero attached hydrogens (tertiary/aromatic N) is 4. The highest BCUT2D eigenvalue weighted by molar-refractivity contribution is 7.99. The van der Waals surface area contributed by atoms with Gasteiger partial charge >= 0.3 is 0 Å². The van der Waals surface area contributed by atoms with Gasteiger partial charge in [-0.2, -0.15) is 4.31 Å². The van der Waals surface area contributed by atoms with E-state index in [1.807, 2.05) is 25.1 Å². The SMILES string of the molecule is CCC(C(=O)Nc1ccc(S(=O)(=O)N2CCCCCC2)cc1)n1c(N)nnc1SCCc1ccccc1. The zero-order valence-electron chi connectivity index (χ0n) is 21.0. The Morgan fingerprint density at radius 2 is 1.70 bits per heavy atom. The lowest BCUT2D eigenvalue weighted by Crippen LogP contribution is -2.32. The normalized spacial score (nSPS) is 15.7. The molecule has 3 N–H and O–H groups in total. The molecular formula is C26H34N6O3S2. The van der Waals surface area contributed by atoms with Crippen molar-refractivity contribution in [1.29, 1.82) is 0 Å². The number of carbonyl (C=O) groups excluding carboxylic acids is 1. The largest absolute Gasteiger partial charge is 0.368 e. The second-order valence-corrected chi connectivity index (χ2v) is 12.1. The second-order valence-electron chi connectivity index (χ2n) is 9.05. The Morgan fingerprint density at radius 1 is 1.03 bits per heavy atom. The highest BCUT2D eigenvalue weighted by Crippen LogP contribution is 2.27. The van der Waals surface area contributed by atoms with Gasteiger partial charge in [-0.1, -0.05) is 61.9 Å². The zero-order valence-corrected chi connectivity index (χ0v) is 22.7. The number of nitrogens with one attached hydrogen (secondary N) is 1. The maximum absolute atomic E-state index is 13.2. The van der Waals surface area contributed by atoms with Crippen LogP contribution in [-0.4, -0.2) is 52.2 Å². The van der Waals surface area contributed by atoms with Crippen molar-refractivity contribution < 1.29 is 13.2 Å². The number of thioether (sulfide) groups is 1. The summed E-state index contributed by atoms with van der Waals surface area (Å²) in [7, 11) is -3.55. The average molecular weight is 543 g/mol. The van der Waals surface area contributed by atoms with Gasteiger partial charge in [-0.05, 0) is 55.5 Å². The van der Waals surface area contributed by atoms with E-state index in [9.17, 15) is 13.2 Å². The van der Waals surface area contributed by atoms with E-state index in [1.54, 1.807) is 33.1 Å². The zero-order chi connectivity index (χ0) is 26.3. The van der Waals surface area contributed by atoms with Gasteiger partial charge in [-0.3, -0.25) is 9.36 Å². The van der Waals surface area contributed by atoms with Crippen LogP contribution in [-0.2, 0) is 21.2 Å². The van der Waals surface area contributed by atoms with E-state index in [2.05, 4.69) is 27.6 Å². The molecule has 2 aromatic carbocycles. The van der Waals surface area contributed by atoms with E-state index in [0.717, 1.165) is 37.9 Å². The molecule has 1 fully saturated rings. The predicted molar refractivity (Wildman–Crippen MR) is 147 cm³/mol. The number of anilines is 2. The quantitative estimate of drug-likeness (QED) is 0.365. The van der Waals surface area contributed by atoms with Crippen LogP contribution in [0, 0.1) is 0 Å². The smallest absolute Gasteiger partial charge is 0.247 e. The Labute approximate surface area is 222 Å². The van der Waals surface area contributed by atoms with Gasteiger partial charge in [0.15, 0.2) is 5.16 Å². The Balaban J connectivity index is 1.42. The minimum absolute atomic E-state index is 0.183. The molecular weight excluding hydrogens is 508 g/mol. The fourth-order valence-corrected chi connectivity index (χ4v) is 6.93. The van der Waals surface area contributed by atoms with Gasteiger partial charge in [-0.25, -0.2) is 8.42 Å². The molecule has 37 heavy (non-hydrogen) atoms. The Kier molecular flexibility index (Phi) is 9.23. The average Bonchev–Trinajstić information content (AvgIpc) is 3.09. The Morgan fingerprint density at radius 3 is 2.35 bits per heavy atom. The van der Waals surface area contributed by atoms with Crippen LogP contribution in [0.2, 0.25) is 0 Å². The van der Waals surface area contributed by atoms with Gasteiger partial charge in [0.05, 0.1) is 4.90 Å². The first kappa shape index (κ1) is 27.2. The number of sulfonamides is 1. The second kappa shape index (κ2) is 12.6. The molecule has 1 unspecified atom stereocenters. The van der Waals surface area contributed by atoms with Crippen molar-refractivity contribution in [2.45, 2.75) is 61.5 Å². The lowest BCUT2D eigenvalue weighted by Gasteiger charge is -2.21. The number of nitrogens with two attached hydrogens (primary N) is 1. The minimum atomic E-state index is -3.55. The molecule has 4 rings (SSSR count). The van der Waals surface area contributed by atoms with Crippen LogP contribution in [0.4, 0.5) is 11.6 Å². The molecule has 1 saturated heterocycles. The first-order valence-corrected chi connectivity index (χ1v) is 15.1. The summed E-state index contributed by atoms with van der Waals surface area (Å²) in [6, 6.07) is 15.9. The summed E-state index contributed by atoms with van der Waals surface area (Å²) >= 11 is 1.51. The van der Waals surface area contributed by atoms with E-state index in [-0.39, 0.29) is 16.8 Å². The summed E-state index contributed by atoms with van der Waals surface area (Å²) in [6.45, 7) is 3.00. The van der Waals surface area contributed by atoms with Crippen LogP contribution in [0.5, 0.6) is 0 Å². The molecule has 1 amide bonds. The molecule has 9 nitrogen and oxygen atoms in total. The summed E-state index contributed by atoms with van der Waals surface area (Å²) in [5.41, 5.74) is 7.85. The minimum Gasteiger partial charge on any atom is -0.368 e. The van der Waals surface area contributed by atoms with Crippen molar-refractivity contribution in [3.63, 3.8) is 0 Å². The molecule has 11 heteroatoms. The highest BCUT2D eigenvalue weighted by atomic mass is 32.2. The number of benzene rings is 2. The third-order valence-electron chi connectivity index (χ3n) is 6.48. The van der Waals surface area contributed by atoms with Crippen molar-refractivity contribution in [3.8, 4) is 0 Å². The lowest BCUT2D eigenvalue weighted by atomic mass is 10.2. The molecule has 2 heterocycles. The summed E-state index contributed by atoms with van der Waals surface area (Å²) in [4.78, 5) is 13.5. The van der Waals surface area contributed by atoms with Crippen LogP contribution < -0.4 is 11.1 Å². The van der Waals surface area contributed by atoms with Crippen LogP contribution >= 0.6 is 11.8 Å². The first-order chi connectivity index (χ1) is 17.9. The molecule has 1 aliphatic heterocycles. The molecule has 1 aromatic heterocycles. The van der Waals surface area contributed by atoms with E-state index in [0.29, 0.717) is 30.4 Å². The maximum Gasteiger partial charge on any atom is 0.247 e. The summed E-state index contributed by atoms with van der Waals surface area (Å²) in [5, 5.41) is 11.7. The van der Waals surface area contributed by atoms with Crippen LogP contribution in [0.1, 0.15) is 50.6 Å². The molecule has 198 valence electrons. The fraction of sp³-hybridized carbons (Fsp3) is 0.423. The van der Waals surface area contributed by atoms with Gasteiger partial charge in [0, 0.05) is 24.5 Å². The van der Waals surface area contributed by atoms with Gasteiger partial charge in [0.1, 0.15) is 6.04 Å². The van der Waals surface area contributed by atoms with Crippen LogP contribution in [0.15, 0.2) is 64.6 Å². The van der Waals surface area contributed by atoms with Crippen molar-refractivity contribution in [1.82, 2.24) is 19.1 Å². The number of hydrogen-bond acceptors (Lipinski definition) is 7. The number of hydrogen-bond donors (Lipinski definition) is 2. The monoisotopic (exact) mass is 542 g/mol. The van der Waals surface area contributed by atoms with Gasteiger partial charge in [0.25, 0.3) is 0 Å². The van der Waals surface area contributed by atoms with Crippen molar-refractivity contribution in [2.24, 2.45) is 0 Å². The molecule has 1 aliphatic rings.